The van der Waals surface area contributed by atoms with E-state index in [4.69, 9.17) is 16.3 Å². The zero-order valence-corrected chi connectivity index (χ0v) is 19.1. The summed E-state index contributed by atoms with van der Waals surface area (Å²) in [5.74, 6) is 0.381. The number of allylic oxidation sites excluding steroid dienone is 1. The molecule has 1 aromatic heterocycles. The highest BCUT2D eigenvalue weighted by molar-refractivity contribution is 6.30. The van der Waals surface area contributed by atoms with E-state index in [1.807, 2.05) is 72.8 Å². The number of carbonyl (C=O) groups is 1. The molecule has 5 aromatic rings. The van der Waals surface area contributed by atoms with Crippen LogP contribution in [0.15, 0.2) is 95.8 Å². The number of H-pyrrole nitrogens is 1. The van der Waals surface area contributed by atoms with Crippen LogP contribution in [0.5, 0.6) is 5.75 Å². The third-order valence-corrected chi connectivity index (χ3v) is 6.10. The van der Waals surface area contributed by atoms with Crippen LogP contribution in [0.4, 0.5) is 0 Å². The van der Waals surface area contributed by atoms with E-state index in [2.05, 4.69) is 4.98 Å². The first-order valence-corrected chi connectivity index (χ1v) is 11.1. The van der Waals surface area contributed by atoms with Gasteiger partial charge in [0.2, 0.25) is 0 Å². The van der Waals surface area contributed by atoms with Crippen LogP contribution in [0.25, 0.3) is 38.9 Å². The van der Waals surface area contributed by atoms with Crippen LogP contribution in [0.1, 0.15) is 15.9 Å². The van der Waals surface area contributed by atoms with Crippen molar-refractivity contribution in [3.63, 3.8) is 0 Å². The molecule has 1 heterocycles. The average molecular weight is 466 g/mol. The largest absolute Gasteiger partial charge is 0.496 e. The second-order valence-corrected chi connectivity index (χ2v) is 8.29. The molecule has 0 radical (unpaired) electrons. The monoisotopic (exact) mass is 465 g/mol. The summed E-state index contributed by atoms with van der Waals surface area (Å²) in [4.78, 5) is 29.4. The Bertz CT molecular complexity index is 1630. The van der Waals surface area contributed by atoms with Crippen LogP contribution in [-0.4, -0.2) is 17.9 Å². The number of ether oxygens (including phenoxy) is 1. The molecule has 4 aromatic carbocycles. The zero-order valence-electron chi connectivity index (χ0n) is 18.3. The van der Waals surface area contributed by atoms with Crippen molar-refractivity contribution in [3.05, 3.63) is 118 Å². The molecule has 0 aliphatic heterocycles. The van der Waals surface area contributed by atoms with Crippen LogP contribution in [0.2, 0.25) is 5.02 Å². The number of halogens is 1. The van der Waals surface area contributed by atoms with Gasteiger partial charge in [-0.2, -0.15) is 0 Å². The second-order valence-electron chi connectivity index (χ2n) is 7.86. The van der Waals surface area contributed by atoms with Crippen molar-refractivity contribution in [2.45, 2.75) is 0 Å². The lowest BCUT2D eigenvalue weighted by Gasteiger charge is -2.11. The molecule has 4 nitrogen and oxygen atoms in total. The molecule has 34 heavy (non-hydrogen) atoms. The molecular weight excluding hydrogens is 446 g/mol. The maximum absolute atomic E-state index is 13.4. The van der Waals surface area contributed by atoms with E-state index in [0.29, 0.717) is 16.1 Å². The molecule has 0 saturated heterocycles. The van der Waals surface area contributed by atoms with Gasteiger partial charge in [0.25, 0.3) is 5.56 Å². The first-order valence-electron chi connectivity index (χ1n) is 10.8. The van der Waals surface area contributed by atoms with Crippen molar-refractivity contribution >= 4 is 45.1 Å². The summed E-state index contributed by atoms with van der Waals surface area (Å²) in [6.07, 6.45) is 3.19. The molecule has 166 valence electrons. The van der Waals surface area contributed by atoms with E-state index in [-0.39, 0.29) is 11.3 Å². The highest BCUT2D eigenvalue weighted by atomic mass is 35.5. The van der Waals surface area contributed by atoms with Gasteiger partial charge in [-0.15, -0.1) is 0 Å². The Kier molecular flexibility index (Phi) is 5.74. The highest BCUT2D eigenvalue weighted by Gasteiger charge is 2.19. The summed E-state index contributed by atoms with van der Waals surface area (Å²) >= 11 is 6.08. The zero-order chi connectivity index (χ0) is 23.7. The summed E-state index contributed by atoms with van der Waals surface area (Å²) in [6, 6.07) is 26.2. The van der Waals surface area contributed by atoms with E-state index in [1.54, 1.807) is 25.3 Å². The number of fused-ring (bicyclic) bond motifs is 2. The molecule has 0 spiro atoms. The first-order chi connectivity index (χ1) is 16.6. The van der Waals surface area contributed by atoms with Crippen LogP contribution < -0.4 is 10.3 Å². The van der Waals surface area contributed by atoms with E-state index in [9.17, 15) is 9.59 Å². The molecule has 0 aliphatic carbocycles. The summed E-state index contributed by atoms with van der Waals surface area (Å²) in [6.45, 7) is 0. The molecule has 1 N–H and O–H groups in total. The molecule has 0 aliphatic rings. The molecule has 0 atom stereocenters. The fourth-order valence-electron chi connectivity index (χ4n) is 4.26. The van der Waals surface area contributed by atoms with E-state index >= 15 is 0 Å². The number of carbonyl (C=O) groups excluding carboxylic acids is 1. The minimum absolute atomic E-state index is 0.0927. The number of aromatic amines is 1. The molecule has 5 heteroatoms. The summed E-state index contributed by atoms with van der Waals surface area (Å²) in [5.41, 5.74) is 2.52. The van der Waals surface area contributed by atoms with E-state index < -0.39 is 5.56 Å². The van der Waals surface area contributed by atoms with Crippen molar-refractivity contribution < 1.29 is 9.53 Å². The van der Waals surface area contributed by atoms with Gasteiger partial charge in [0.15, 0.2) is 5.78 Å². The Morgan fingerprint density at radius 1 is 0.853 bits per heavy atom. The topological polar surface area (TPSA) is 59.2 Å². The van der Waals surface area contributed by atoms with Crippen molar-refractivity contribution in [1.82, 2.24) is 4.98 Å². The van der Waals surface area contributed by atoms with E-state index in [1.165, 1.54) is 6.08 Å². The van der Waals surface area contributed by atoms with Crippen molar-refractivity contribution in [3.8, 4) is 16.9 Å². The summed E-state index contributed by atoms with van der Waals surface area (Å²) in [5, 5.41) is 3.27. The normalized spacial score (nSPS) is 11.4. The van der Waals surface area contributed by atoms with Gasteiger partial charge in [-0.1, -0.05) is 78.3 Å². The average Bonchev–Trinajstić information content (AvgIpc) is 2.86. The Labute approximate surface area is 201 Å². The van der Waals surface area contributed by atoms with Gasteiger partial charge >= 0.3 is 0 Å². The number of ketones is 1. The maximum Gasteiger partial charge on any atom is 0.260 e. The van der Waals surface area contributed by atoms with Crippen molar-refractivity contribution in [1.29, 1.82) is 0 Å². The minimum Gasteiger partial charge on any atom is -0.496 e. The smallest absolute Gasteiger partial charge is 0.260 e. The molecule has 0 bridgehead atoms. The van der Waals surface area contributed by atoms with Gasteiger partial charge < -0.3 is 9.72 Å². The fraction of sp³-hybridized carbons (Fsp3) is 0.0345. The molecule has 0 fully saturated rings. The van der Waals surface area contributed by atoms with Crippen molar-refractivity contribution in [2.75, 3.05) is 7.11 Å². The van der Waals surface area contributed by atoms with Gasteiger partial charge in [-0.05, 0) is 46.9 Å². The quantitative estimate of drug-likeness (QED) is 0.227. The highest BCUT2D eigenvalue weighted by Crippen LogP contribution is 2.32. The Morgan fingerprint density at radius 3 is 2.26 bits per heavy atom. The van der Waals surface area contributed by atoms with Gasteiger partial charge in [-0.25, -0.2) is 0 Å². The molecule has 5 rings (SSSR count). The number of aromatic nitrogens is 1. The lowest BCUT2D eigenvalue weighted by atomic mass is 9.93. The fourth-order valence-corrected chi connectivity index (χ4v) is 4.39. The van der Waals surface area contributed by atoms with Crippen LogP contribution in [0, 0.1) is 0 Å². The van der Waals surface area contributed by atoms with Crippen LogP contribution in [0.3, 0.4) is 0 Å². The Morgan fingerprint density at radius 2 is 1.53 bits per heavy atom. The summed E-state index contributed by atoms with van der Waals surface area (Å²) < 4.78 is 5.46. The number of para-hydroxylation sites is 1. The minimum atomic E-state index is -0.433. The second kappa shape index (κ2) is 9.00. The molecular formula is C29H20ClNO3. The number of nitrogens with one attached hydrogen (secondary N) is 1. The van der Waals surface area contributed by atoms with Crippen molar-refractivity contribution in [2.24, 2.45) is 0 Å². The predicted octanol–water partition coefficient (Wildman–Crippen LogP) is 6.91. The van der Waals surface area contributed by atoms with E-state index in [0.717, 1.165) is 33.0 Å². The van der Waals surface area contributed by atoms with Crippen LogP contribution in [-0.2, 0) is 0 Å². The van der Waals surface area contributed by atoms with Gasteiger partial charge in [0.1, 0.15) is 5.75 Å². The molecule has 0 saturated carbocycles. The number of benzene rings is 4. The van der Waals surface area contributed by atoms with Gasteiger partial charge in [0, 0.05) is 26.9 Å². The number of rotatable bonds is 5. The number of hydrogen-bond acceptors (Lipinski definition) is 3. The number of methoxy groups -OCH3 is 1. The van der Waals surface area contributed by atoms with Gasteiger partial charge in [-0.3, -0.25) is 9.59 Å². The van der Waals surface area contributed by atoms with Crippen LogP contribution >= 0.6 is 11.6 Å². The molecule has 0 unspecified atom stereocenters. The molecule has 0 amide bonds. The summed E-state index contributed by atoms with van der Waals surface area (Å²) in [7, 11) is 1.63. The Hall–Kier alpha value is -4.15. The standard InChI is InChI=1S/C29H20ClNO3/c1-34-26-17-13-18(21-6-2-3-7-22(21)26)12-16-25(32)28-27(19-10-14-20(30)15-11-19)23-8-4-5-9-24(23)31-29(28)33/h2-17H,1H3,(H,31,33)/b16-12+. The Balaban J connectivity index is 1.66. The lowest BCUT2D eigenvalue weighted by molar-refractivity contribution is 0.104. The number of hydrogen-bond donors (Lipinski definition) is 1. The predicted molar refractivity (Wildman–Crippen MR) is 139 cm³/mol. The SMILES string of the molecule is COc1ccc(/C=C/C(=O)c2c(-c3ccc(Cl)cc3)c3ccccc3[nH]c2=O)c2ccccc12. The third-order valence-electron chi connectivity index (χ3n) is 5.85. The maximum atomic E-state index is 13.4. The lowest BCUT2D eigenvalue weighted by Crippen LogP contribution is -2.18. The first kappa shape index (κ1) is 21.7. The third kappa shape index (κ3) is 3.89. The number of pyridine rings is 1. The van der Waals surface area contributed by atoms with Gasteiger partial charge in [0.05, 0.1) is 12.7 Å².